The first-order chi connectivity index (χ1) is 15.0. The number of ether oxygens (including phenoxy) is 1. The fourth-order valence-corrected chi connectivity index (χ4v) is 4.32. The van der Waals surface area contributed by atoms with Crippen molar-refractivity contribution in [2.45, 2.75) is 6.04 Å². The van der Waals surface area contributed by atoms with Crippen molar-refractivity contribution in [2.24, 2.45) is 0 Å². The van der Waals surface area contributed by atoms with E-state index in [1.807, 2.05) is 12.1 Å². The summed E-state index contributed by atoms with van der Waals surface area (Å²) in [5.74, 6) is 0.198. The highest BCUT2D eigenvalue weighted by atomic mass is 35.5. The zero-order valence-electron chi connectivity index (χ0n) is 16.3. The number of methoxy groups -OCH3 is 1. The van der Waals surface area contributed by atoms with Crippen LogP contribution >= 0.6 is 23.2 Å². The van der Waals surface area contributed by atoms with Gasteiger partial charge >= 0.3 is 0 Å². The number of nitrogens with zero attached hydrogens (tertiary/aromatic N) is 1. The molecule has 3 aromatic carbocycles. The summed E-state index contributed by atoms with van der Waals surface area (Å²) in [4.78, 5) is 28.6. The summed E-state index contributed by atoms with van der Waals surface area (Å²) in [7, 11) is 1.56. The number of anilines is 1. The second-order valence-corrected chi connectivity index (χ2v) is 8.02. The molecular formula is C24H15Cl2NO4. The Morgan fingerprint density at radius 2 is 1.71 bits per heavy atom. The van der Waals surface area contributed by atoms with Crippen LogP contribution in [-0.4, -0.2) is 13.0 Å². The SMILES string of the molecule is COc1cccc([C@H]2c3c(oc4ccc(Cl)cc4c3=O)C(=O)N2c2cccc(Cl)c2)c1. The molecule has 154 valence electrons. The second kappa shape index (κ2) is 7.45. The highest BCUT2D eigenvalue weighted by Gasteiger charge is 2.43. The first-order valence-electron chi connectivity index (χ1n) is 9.47. The Balaban J connectivity index is 1.83. The van der Waals surface area contributed by atoms with Crippen LogP contribution in [0.15, 0.2) is 75.9 Å². The highest BCUT2D eigenvalue weighted by Crippen LogP contribution is 2.42. The monoisotopic (exact) mass is 451 g/mol. The summed E-state index contributed by atoms with van der Waals surface area (Å²) >= 11 is 12.3. The zero-order chi connectivity index (χ0) is 21.7. The van der Waals surface area contributed by atoms with Crippen LogP contribution in [-0.2, 0) is 0 Å². The lowest BCUT2D eigenvalue weighted by atomic mass is 9.98. The molecule has 5 nitrogen and oxygen atoms in total. The van der Waals surface area contributed by atoms with Gasteiger partial charge in [-0.05, 0) is 54.1 Å². The number of amides is 1. The zero-order valence-corrected chi connectivity index (χ0v) is 17.8. The van der Waals surface area contributed by atoms with Crippen LogP contribution < -0.4 is 15.1 Å². The number of hydrogen-bond donors (Lipinski definition) is 0. The smallest absolute Gasteiger partial charge is 0.295 e. The van der Waals surface area contributed by atoms with Crippen LogP contribution in [0.3, 0.4) is 0 Å². The van der Waals surface area contributed by atoms with Gasteiger partial charge < -0.3 is 9.15 Å². The molecule has 5 rings (SSSR count). The van der Waals surface area contributed by atoms with Crippen LogP contribution in [0.5, 0.6) is 5.75 Å². The van der Waals surface area contributed by atoms with Crippen molar-refractivity contribution >= 4 is 45.8 Å². The largest absolute Gasteiger partial charge is 0.497 e. The van der Waals surface area contributed by atoms with Gasteiger partial charge in [-0.15, -0.1) is 0 Å². The van der Waals surface area contributed by atoms with Gasteiger partial charge in [0.25, 0.3) is 5.91 Å². The minimum atomic E-state index is -0.712. The van der Waals surface area contributed by atoms with Crippen LogP contribution in [0.25, 0.3) is 11.0 Å². The van der Waals surface area contributed by atoms with E-state index in [1.165, 1.54) is 4.90 Å². The molecule has 2 heterocycles. The molecule has 1 aromatic heterocycles. The second-order valence-electron chi connectivity index (χ2n) is 7.15. The standard InChI is InChI=1S/C24H15Cl2NO4/c1-30-17-7-2-4-13(10-17)21-20-22(28)18-12-15(26)8-9-19(18)31-23(20)24(29)27(21)16-6-3-5-14(25)11-16/h2-12,21H,1H3/t21-/m0/s1. The molecule has 1 aliphatic rings. The minimum Gasteiger partial charge on any atom is -0.497 e. The third-order valence-electron chi connectivity index (χ3n) is 5.33. The first-order valence-corrected chi connectivity index (χ1v) is 10.2. The average Bonchev–Trinajstić information content (AvgIpc) is 3.07. The Morgan fingerprint density at radius 1 is 0.935 bits per heavy atom. The fraction of sp³-hybridized carbons (Fsp3) is 0.0833. The molecule has 0 unspecified atom stereocenters. The van der Waals surface area contributed by atoms with Gasteiger partial charge in [0.2, 0.25) is 5.76 Å². The van der Waals surface area contributed by atoms with Crippen molar-refractivity contribution < 1.29 is 13.9 Å². The molecule has 31 heavy (non-hydrogen) atoms. The summed E-state index contributed by atoms with van der Waals surface area (Å²) < 4.78 is 11.3. The van der Waals surface area contributed by atoms with E-state index in [0.29, 0.717) is 38.0 Å². The van der Waals surface area contributed by atoms with Crippen molar-refractivity contribution in [3.63, 3.8) is 0 Å². The van der Waals surface area contributed by atoms with Crippen molar-refractivity contribution in [3.8, 4) is 5.75 Å². The Labute approximate surface area is 187 Å². The molecule has 0 radical (unpaired) electrons. The number of hydrogen-bond acceptors (Lipinski definition) is 4. The Kier molecular flexibility index (Phi) is 4.73. The van der Waals surface area contributed by atoms with Gasteiger partial charge in [0.1, 0.15) is 11.3 Å². The van der Waals surface area contributed by atoms with Gasteiger partial charge in [0, 0.05) is 15.7 Å². The Morgan fingerprint density at radius 3 is 2.48 bits per heavy atom. The lowest BCUT2D eigenvalue weighted by Gasteiger charge is -2.25. The van der Waals surface area contributed by atoms with E-state index in [1.54, 1.807) is 61.7 Å². The van der Waals surface area contributed by atoms with Crippen molar-refractivity contribution in [1.82, 2.24) is 0 Å². The molecular weight excluding hydrogens is 437 g/mol. The van der Waals surface area contributed by atoms with E-state index < -0.39 is 11.9 Å². The van der Waals surface area contributed by atoms with Gasteiger partial charge in [-0.1, -0.05) is 41.4 Å². The fourth-order valence-electron chi connectivity index (χ4n) is 3.96. The molecule has 0 saturated heterocycles. The molecule has 1 amide bonds. The van der Waals surface area contributed by atoms with E-state index in [4.69, 9.17) is 32.4 Å². The molecule has 0 saturated carbocycles. The van der Waals surface area contributed by atoms with Gasteiger partial charge in [-0.3, -0.25) is 14.5 Å². The lowest BCUT2D eigenvalue weighted by Crippen LogP contribution is -2.29. The summed E-state index contributed by atoms with van der Waals surface area (Å²) in [6.07, 6.45) is 0. The Hall–Kier alpha value is -3.28. The van der Waals surface area contributed by atoms with Crippen LogP contribution in [0.1, 0.15) is 27.7 Å². The van der Waals surface area contributed by atoms with E-state index in [-0.39, 0.29) is 16.8 Å². The Bertz CT molecular complexity index is 1410. The maximum Gasteiger partial charge on any atom is 0.295 e. The van der Waals surface area contributed by atoms with Crippen LogP contribution in [0.2, 0.25) is 10.0 Å². The van der Waals surface area contributed by atoms with Crippen LogP contribution in [0.4, 0.5) is 5.69 Å². The van der Waals surface area contributed by atoms with Crippen molar-refractivity contribution in [1.29, 1.82) is 0 Å². The summed E-state index contributed by atoms with van der Waals surface area (Å²) in [5.41, 5.74) is 1.52. The topological polar surface area (TPSA) is 59.8 Å². The van der Waals surface area contributed by atoms with E-state index in [9.17, 15) is 9.59 Å². The van der Waals surface area contributed by atoms with Gasteiger partial charge in [-0.25, -0.2) is 0 Å². The molecule has 0 N–H and O–H groups in total. The molecule has 0 aliphatic carbocycles. The van der Waals surface area contributed by atoms with Crippen molar-refractivity contribution in [2.75, 3.05) is 12.0 Å². The lowest BCUT2D eigenvalue weighted by molar-refractivity contribution is 0.0971. The minimum absolute atomic E-state index is 0.00705. The number of halogens is 2. The third kappa shape index (κ3) is 3.17. The van der Waals surface area contributed by atoms with Crippen molar-refractivity contribution in [3.05, 3.63) is 104 Å². The molecule has 4 aromatic rings. The first kappa shape index (κ1) is 19.7. The van der Waals surface area contributed by atoms with Gasteiger partial charge in [-0.2, -0.15) is 0 Å². The normalized spacial score (nSPS) is 15.4. The molecule has 0 spiro atoms. The summed E-state index contributed by atoms with van der Waals surface area (Å²) in [5, 5.41) is 1.20. The van der Waals surface area contributed by atoms with E-state index in [2.05, 4.69) is 0 Å². The number of fused-ring (bicyclic) bond motifs is 2. The number of carbonyl (C=O) groups excluding carboxylic acids is 1. The molecule has 0 fully saturated rings. The van der Waals surface area contributed by atoms with Gasteiger partial charge in [0.15, 0.2) is 5.43 Å². The highest BCUT2D eigenvalue weighted by molar-refractivity contribution is 6.31. The number of carbonyl (C=O) groups is 1. The van der Waals surface area contributed by atoms with Gasteiger partial charge in [0.05, 0.1) is 24.1 Å². The average molecular weight is 452 g/mol. The number of rotatable bonds is 3. The third-order valence-corrected chi connectivity index (χ3v) is 5.80. The maximum absolute atomic E-state index is 13.5. The molecule has 7 heteroatoms. The summed E-state index contributed by atoms with van der Waals surface area (Å²) in [6, 6.07) is 18.2. The quantitative estimate of drug-likeness (QED) is 0.391. The maximum atomic E-state index is 13.5. The molecule has 1 aliphatic heterocycles. The summed E-state index contributed by atoms with van der Waals surface area (Å²) in [6.45, 7) is 0. The molecule has 1 atom stereocenters. The van der Waals surface area contributed by atoms with E-state index >= 15 is 0 Å². The predicted molar refractivity (Wildman–Crippen MR) is 121 cm³/mol. The van der Waals surface area contributed by atoms with E-state index in [0.717, 1.165) is 0 Å². The van der Waals surface area contributed by atoms with Crippen LogP contribution in [0, 0.1) is 0 Å². The predicted octanol–water partition coefficient (Wildman–Crippen LogP) is 5.86. The molecule has 0 bridgehead atoms. The number of benzene rings is 3.